The molecule has 3 heteroatoms. The number of hydrogen-bond acceptors (Lipinski definition) is 2. The van der Waals surface area contributed by atoms with Gasteiger partial charge in [-0.15, -0.1) is 0 Å². The zero-order valence-electron chi connectivity index (χ0n) is 10.5. The fourth-order valence-corrected chi connectivity index (χ4v) is 2.59. The van der Waals surface area contributed by atoms with Crippen molar-refractivity contribution in [2.45, 2.75) is 27.2 Å². The molecule has 0 amide bonds. The molecule has 0 spiro atoms. The number of fused-ring (bicyclic) bond motifs is 1. The van der Waals surface area contributed by atoms with Gasteiger partial charge < -0.3 is 5.32 Å². The molecule has 0 saturated heterocycles. The predicted octanol–water partition coefficient (Wildman–Crippen LogP) is 4.44. The summed E-state index contributed by atoms with van der Waals surface area (Å²) in [4.78, 5) is 4.69. The van der Waals surface area contributed by atoms with Crippen LogP contribution in [0.3, 0.4) is 0 Å². The van der Waals surface area contributed by atoms with Crippen LogP contribution in [-0.4, -0.2) is 11.5 Å². The summed E-state index contributed by atoms with van der Waals surface area (Å²) in [5.74, 6) is 0.990. The first-order chi connectivity index (χ1) is 8.11. The Kier molecular flexibility index (Phi) is 3.67. The number of pyridine rings is 1. The number of halogens is 1. The Morgan fingerprint density at radius 3 is 2.71 bits per heavy atom. The van der Waals surface area contributed by atoms with E-state index in [-0.39, 0.29) is 0 Å². The molecule has 2 aromatic rings. The predicted molar refractivity (Wildman–Crippen MR) is 77.7 cm³/mol. The lowest BCUT2D eigenvalue weighted by Crippen LogP contribution is -2.04. The van der Waals surface area contributed by atoms with E-state index in [1.807, 2.05) is 0 Å². The molecule has 90 valence electrons. The van der Waals surface area contributed by atoms with Gasteiger partial charge in [0.05, 0.1) is 5.52 Å². The Labute approximate surface area is 111 Å². The number of hydrogen-bond donors (Lipinski definition) is 1. The third-order valence-electron chi connectivity index (χ3n) is 2.75. The van der Waals surface area contributed by atoms with E-state index in [2.05, 4.69) is 60.2 Å². The van der Waals surface area contributed by atoms with Crippen LogP contribution in [0.4, 0.5) is 5.82 Å². The van der Waals surface area contributed by atoms with Crippen LogP contribution in [0.15, 0.2) is 22.7 Å². The van der Waals surface area contributed by atoms with Crippen LogP contribution >= 0.6 is 15.9 Å². The summed E-state index contributed by atoms with van der Waals surface area (Å²) >= 11 is 3.58. The van der Waals surface area contributed by atoms with Gasteiger partial charge in [0.25, 0.3) is 0 Å². The minimum Gasteiger partial charge on any atom is -0.370 e. The van der Waals surface area contributed by atoms with E-state index in [0.717, 1.165) is 28.8 Å². The zero-order valence-corrected chi connectivity index (χ0v) is 12.1. The molecule has 0 aliphatic rings. The maximum Gasteiger partial charge on any atom is 0.129 e. The monoisotopic (exact) mass is 292 g/mol. The molecule has 2 nitrogen and oxygen atoms in total. The number of anilines is 1. The maximum absolute atomic E-state index is 4.69. The van der Waals surface area contributed by atoms with Gasteiger partial charge in [0.2, 0.25) is 0 Å². The molecule has 0 aliphatic heterocycles. The molecule has 0 saturated carbocycles. The minimum atomic E-state index is 0.961. The second kappa shape index (κ2) is 5.05. The van der Waals surface area contributed by atoms with Crippen molar-refractivity contribution in [1.29, 1.82) is 0 Å². The molecule has 0 unspecified atom stereocenters. The lowest BCUT2D eigenvalue weighted by atomic mass is 10.1. The van der Waals surface area contributed by atoms with E-state index < -0.39 is 0 Å². The Hall–Kier alpha value is -1.09. The highest BCUT2D eigenvalue weighted by atomic mass is 79.9. The van der Waals surface area contributed by atoms with Crippen molar-refractivity contribution < 1.29 is 0 Å². The topological polar surface area (TPSA) is 24.9 Å². The molecule has 0 bridgehead atoms. The zero-order chi connectivity index (χ0) is 12.4. The van der Waals surface area contributed by atoms with Crippen molar-refractivity contribution in [3.8, 4) is 0 Å². The van der Waals surface area contributed by atoms with E-state index in [9.17, 15) is 0 Å². The maximum atomic E-state index is 4.69. The quantitative estimate of drug-likeness (QED) is 0.905. The van der Waals surface area contributed by atoms with E-state index in [1.54, 1.807) is 0 Å². The summed E-state index contributed by atoms with van der Waals surface area (Å²) in [6.45, 7) is 7.31. The van der Waals surface area contributed by atoms with Gasteiger partial charge in [-0.25, -0.2) is 4.98 Å². The highest BCUT2D eigenvalue weighted by Gasteiger charge is 2.06. The molecular formula is C14H17BrN2. The molecule has 17 heavy (non-hydrogen) atoms. The smallest absolute Gasteiger partial charge is 0.129 e. The van der Waals surface area contributed by atoms with Gasteiger partial charge in [0.1, 0.15) is 5.82 Å². The summed E-state index contributed by atoms with van der Waals surface area (Å²) < 4.78 is 1.06. The van der Waals surface area contributed by atoms with Crippen molar-refractivity contribution >= 4 is 32.7 Å². The Balaban J connectivity index is 2.55. The van der Waals surface area contributed by atoms with Gasteiger partial charge in [-0.05, 0) is 65.5 Å². The van der Waals surface area contributed by atoms with Gasteiger partial charge in [0, 0.05) is 16.4 Å². The summed E-state index contributed by atoms with van der Waals surface area (Å²) in [7, 11) is 0. The van der Waals surface area contributed by atoms with Crippen LogP contribution < -0.4 is 5.32 Å². The van der Waals surface area contributed by atoms with Gasteiger partial charge >= 0.3 is 0 Å². The molecule has 2 rings (SSSR count). The largest absolute Gasteiger partial charge is 0.370 e. The van der Waals surface area contributed by atoms with Gasteiger partial charge in [-0.1, -0.05) is 6.92 Å². The highest BCUT2D eigenvalue weighted by Crippen LogP contribution is 2.27. The average Bonchev–Trinajstić information content (AvgIpc) is 2.26. The van der Waals surface area contributed by atoms with Crippen molar-refractivity contribution in [3.63, 3.8) is 0 Å². The molecule has 1 N–H and O–H groups in total. The molecule has 1 aromatic carbocycles. The molecule has 1 aromatic heterocycles. The number of aryl methyl sites for hydroxylation is 2. The van der Waals surface area contributed by atoms with Crippen molar-refractivity contribution in [3.05, 3.63) is 33.8 Å². The van der Waals surface area contributed by atoms with Crippen LogP contribution in [0.5, 0.6) is 0 Å². The molecular weight excluding hydrogens is 276 g/mol. The summed E-state index contributed by atoms with van der Waals surface area (Å²) in [5, 5.41) is 4.56. The summed E-state index contributed by atoms with van der Waals surface area (Å²) in [5.41, 5.74) is 3.48. The Bertz CT molecular complexity index is 549. The molecule has 0 fully saturated rings. The van der Waals surface area contributed by atoms with Crippen LogP contribution in [0, 0.1) is 13.8 Å². The first kappa shape index (κ1) is 12.4. The fraction of sp³-hybridized carbons (Fsp3) is 0.357. The van der Waals surface area contributed by atoms with Crippen LogP contribution in [-0.2, 0) is 0 Å². The lowest BCUT2D eigenvalue weighted by molar-refractivity contribution is 0.968. The number of nitrogens with zero attached hydrogens (tertiary/aromatic N) is 1. The van der Waals surface area contributed by atoms with E-state index in [4.69, 9.17) is 4.98 Å². The van der Waals surface area contributed by atoms with Crippen molar-refractivity contribution in [2.75, 3.05) is 11.9 Å². The van der Waals surface area contributed by atoms with Crippen molar-refractivity contribution in [1.82, 2.24) is 4.98 Å². The first-order valence-corrected chi connectivity index (χ1v) is 6.72. The van der Waals surface area contributed by atoms with Gasteiger partial charge in [0.15, 0.2) is 0 Å². The number of nitrogens with one attached hydrogen (secondary N) is 1. The van der Waals surface area contributed by atoms with E-state index in [0.29, 0.717) is 0 Å². The lowest BCUT2D eigenvalue weighted by Gasteiger charge is -2.10. The number of aromatic nitrogens is 1. The fourth-order valence-electron chi connectivity index (χ4n) is 1.91. The second-order valence-corrected chi connectivity index (χ2v) is 5.25. The Morgan fingerprint density at radius 1 is 1.24 bits per heavy atom. The highest BCUT2D eigenvalue weighted by molar-refractivity contribution is 9.10. The average molecular weight is 293 g/mol. The van der Waals surface area contributed by atoms with Crippen LogP contribution in [0.25, 0.3) is 10.9 Å². The van der Waals surface area contributed by atoms with Crippen molar-refractivity contribution in [2.24, 2.45) is 0 Å². The molecule has 0 radical (unpaired) electrons. The first-order valence-electron chi connectivity index (χ1n) is 5.93. The SMILES string of the molecule is CCCNc1nc2c(Br)cc(C)cc2cc1C. The van der Waals surface area contributed by atoms with Gasteiger partial charge in [-0.3, -0.25) is 0 Å². The third kappa shape index (κ3) is 2.60. The van der Waals surface area contributed by atoms with Gasteiger partial charge in [-0.2, -0.15) is 0 Å². The summed E-state index contributed by atoms with van der Waals surface area (Å²) in [6.07, 6.45) is 1.11. The number of benzene rings is 1. The van der Waals surface area contributed by atoms with E-state index >= 15 is 0 Å². The van der Waals surface area contributed by atoms with Crippen LogP contribution in [0.1, 0.15) is 24.5 Å². The normalized spacial score (nSPS) is 10.8. The molecule has 1 heterocycles. The molecule has 0 aliphatic carbocycles. The van der Waals surface area contributed by atoms with E-state index in [1.165, 1.54) is 16.5 Å². The third-order valence-corrected chi connectivity index (χ3v) is 3.35. The summed E-state index contributed by atoms with van der Waals surface area (Å²) in [6, 6.07) is 6.47. The van der Waals surface area contributed by atoms with Crippen LogP contribution in [0.2, 0.25) is 0 Å². The Morgan fingerprint density at radius 2 is 2.00 bits per heavy atom. The number of rotatable bonds is 3. The minimum absolute atomic E-state index is 0.961. The second-order valence-electron chi connectivity index (χ2n) is 4.40. The standard InChI is InChI=1S/C14H17BrN2/c1-4-5-16-14-10(3)8-11-6-9(2)7-12(15)13(11)17-14/h6-8H,4-5H2,1-3H3,(H,16,17). The molecule has 0 atom stereocenters.